The summed E-state index contributed by atoms with van der Waals surface area (Å²) in [5, 5.41) is 12.7. The highest BCUT2D eigenvalue weighted by Crippen LogP contribution is 2.47. The van der Waals surface area contributed by atoms with Crippen LogP contribution in [-0.4, -0.2) is 33.8 Å². The fraction of sp³-hybridized carbons (Fsp3) is 0.360. The van der Waals surface area contributed by atoms with Gasteiger partial charge in [-0.3, -0.25) is 19.3 Å². The molecular weight excluding hydrogens is 420 g/mol. The predicted molar refractivity (Wildman–Crippen MR) is 124 cm³/mol. The van der Waals surface area contributed by atoms with Crippen LogP contribution in [0.4, 0.5) is 0 Å². The zero-order valence-corrected chi connectivity index (χ0v) is 18.6. The minimum Gasteiger partial charge on any atom is -0.502 e. The second-order valence-corrected chi connectivity index (χ2v) is 9.33. The molecule has 172 valence electrons. The van der Waals surface area contributed by atoms with E-state index in [-0.39, 0.29) is 23.1 Å². The summed E-state index contributed by atoms with van der Waals surface area (Å²) in [5.41, 5.74) is -0.112. The van der Waals surface area contributed by atoms with Crippen LogP contribution < -0.4 is 21.2 Å². The molecule has 1 aromatic carbocycles. The lowest BCUT2D eigenvalue weighted by Gasteiger charge is -2.49. The third kappa shape index (κ3) is 3.70. The average Bonchev–Trinajstić information content (AvgIpc) is 3.63. The molecule has 1 aliphatic heterocycles. The van der Waals surface area contributed by atoms with E-state index in [1.165, 1.54) is 6.07 Å². The number of pyridine rings is 1. The molecule has 1 aromatic heterocycles. The maximum Gasteiger partial charge on any atom is 0.277 e. The number of rotatable bonds is 6. The van der Waals surface area contributed by atoms with Gasteiger partial charge in [0.2, 0.25) is 5.43 Å². The van der Waals surface area contributed by atoms with Gasteiger partial charge in [0, 0.05) is 29.8 Å². The van der Waals surface area contributed by atoms with E-state index < -0.39 is 11.2 Å². The Balaban J connectivity index is 1.71. The van der Waals surface area contributed by atoms with Gasteiger partial charge >= 0.3 is 0 Å². The molecule has 0 radical (unpaired) electrons. The molecule has 0 saturated heterocycles. The molecule has 8 heteroatoms. The molecule has 2 heterocycles. The van der Waals surface area contributed by atoms with E-state index in [0.717, 1.165) is 24.8 Å². The van der Waals surface area contributed by atoms with Crippen molar-refractivity contribution in [1.82, 2.24) is 9.58 Å². The minimum absolute atomic E-state index is 0.00974. The van der Waals surface area contributed by atoms with Gasteiger partial charge in [0.15, 0.2) is 17.2 Å². The van der Waals surface area contributed by atoms with Gasteiger partial charge in [0.25, 0.3) is 5.91 Å². The quantitative estimate of drug-likeness (QED) is 0.659. The van der Waals surface area contributed by atoms with Gasteiger partial charge < -0.3 is 14.8 Å². The Kier molecular flexibility index (Phi) is 5.25. The fourth-order valence-corrected chi connectivity index (χ4v) is 4.96. The molecule has 0 bridgehead atoms. The summed E-state index contributed by atoms with van der Waals surface area (Å²) in [6.07, 6.45) is 12.8. The number of para-hydroxylation sites is 1. The van der Waals surface area contributed by atoms with Gasteiger partial charge in [0.05, 0.1) is 6.04 Å². The molecule has 5 rings (SSSR count). The number of amides is 1. The number of nitrogens with two attached hydrogens (primary N) is 1. The van der Waals surface area contributed by atoms with Crippen molar-refractivity contribution in [2.45, 2.75) is 32.2 Å². The number of hydrogen-bond acceptors (Lipinski definition) is 6. The van der Waals surface area contributed by atoms with Crippen LogP contribution in [-0.2, 0) is 0 Å². The van der Waals surface area contributed by atoms with Crippen molar-refractivity contribution in [1.29, 1.82) is 0 Å². The van der Waals surface area contributed by atoms with Crippen molar-refractivity contribution in [2.24, 2.45) is 17.2 Å². The van der Waals surface area contributed by atoms with Crippen molar-refractivity contribution in [3.05, 3.63) is 82.3 Å². The van der Waals surface area contributed by atoms with Crippen LogP contribution in [0.15, 0.2) is 65.6 Å². The van der Waals surface area contributed by atoms with Gasteiger partial charge in [-0.25, -0.2) is 0 Å². The van der Waals surface area contributed by atoms with Crippen molar-refractivity contribution in [3.8, 4) is 11.5 Å². The summed E-state index contributed by atoms with van der Waals surface area (Å²) in [7, 11) is 0. The summed E-state index contributed by atoms with van der Waals surface area (Å²) < 4.78 is 1.62. The SMILES string of the molecule is CC1([C@H](c2ccccc2ON)N2CN(CC3CC3)C(=O)c3c(O)c(=O)ccn32)C=CC=CC1. The molecule has 1 amide bonds. The number of fused-ring (bicyclic) bond motifs is 1. The lowest BCUT2D eigenvalue weighted by Crippen LogP contribution is -2.58. The van der Waals surface area contributed by atoms with Gasteiger partial charge in [-0.15, -0.1) is 0 Å². The Morgan fingerprint density at radius 2 is 2.00 bits per heavy atom. The summed E-state index contributed by atoms with van der Waals surface area (Å²) in [6, 6.07) is 8.54. The van der Waals surface area contributed by atoms with E-state index in [9.17, 15) is 14.7 Å². The topological polar surface area (TPSA) is 101 Å². The Bertz CT molecular complexity index is 1200. The molecule has 3 aliphatic rings. The van der Waals surface area contributed by atoms with E-state index in [4.69, 9.17) is 10.7 Å². The van der Waals surface area contributed by atoms with Gasteiger partial charge in [-0.1, -0.05) is 49.4 Å². The number of carbonyl (C=O) groups excluding carboxylic acids is 1. The van der Waals surface area contributed by atoms with E-state index in [2.05, 4.69) is 19.1 Å². The maximum absolute atomic E-state index is 13.3. The Hall–Kier alpha value is -3.52. The number of aromatic nitrogens is 1. The van der Waals surface area contributed by atoms with Crippen molar-refractivity contribution >= 4 is 5.91 Å². The van der Waals surface area contributed by atoms with E-state index in [1.807, 2.05) is 41.4 Å². The Morgan fingerprint density at radius 3 is 2.70 bits per heavy atom. The molecule has 8 nitrogen and oxygen atoms in total. The first-order valence-corrected chi connectivity index (χ1v) is 11.2. The van der Waals surface area contributed by atoms with E-state index in [1.54, 1.807) is 15.8 Å². The molecule has 2 atom stereocenters. The van der Waals surface area contributed by atoms with Crippen LogP contribution in [0.3, 0.4) is 0 Å². The predicted octanol–water partition coefficient (Wildman–Crippen LogP) is 2.83. The first-order valence-electron chi connectivity index (χ1n) is 11.2. The van der Waals surface area contributed by atoms with E-state index in [0.29, 0.717) is 24.9 Å². The van der Waals surface area contributed by atoms with Crippen LogP contribution >= 0.6 is 0 Å². The number of nitrogens with zero attached hydrogens (tertiary/aromatic N) is 3. The highest BCUT2D eigenvalue weighted by atomic mass is 16.6. The lowest BCUT2D eigenvalue weighted by atomic mass is 9.73. The molecule has 2 aliphatic carbocycles. The van der Waals surface area contributed by atoms with Crippen molar-refractivity contribution < 1.29 is 14.7 Å². The normalized spacial score (nSPS) is 22.9. The lowest BCUT2D eigenvalue weighted by molar-refractivity contribution is 0.0644. The van der Waals surface area contributed by atoms with Gasteiger partial charge in [0.1, 0.15) is 6.67 Å². The van der Waals surface area contributed by atoms with Crippen LogP contribution in [0, 0.1) is 11.3 Å². The van der Waals surface area contributed by atoms with Gasteiger partial charge in [-0.2, -0.15) is 5.90 Å². The summed E-state index contributed by atoms with van der Waals surface area (Å²) >= 11 is 0. The molecular formula is C25H28N4O4. The Labute approximate surface area is 192 Å². The largest absolute Gasteiger partial charge is 0.502 e. The second kappa shape index (κ2) is 8.12. The maximum atomic E-state index is 13.3. The van der Waals surface area contributed by atoms with Crippen molar-refractivity contribution in [3.63, 3.8) is 0 Å². The average molecular weight is 449 g/mol. The number of benzene rings is 1. The zero-order valence-electron chi connectivity index (χ0n) is 18.6. The number of aromatic hydroxyl groups is 1. The minimum atomic E-state index is -0.572. The highest BCUT2D eigenvalue weighted by molar-refractivity contribution is 5.96. The summed E-state index contributed by atoms with van der Waals surface area (Å²) in [4.78, 5) is 32.6. The van der Waals surface area contributed by atoms with Gasteiger partial charge in [-0.05, 0) is 31.2 Å². The molecule has 0 spiro atoms. The summed E-state index contributed by atoms with van der Waals surface area (Å²) in [6.45, 7) is 3.04. The van der Waals surface area contributed by atoms with Crippen LogP contribution in [0.25, 0.3) is 0 Å². The van der Waals surface area contributed by atoms with Crippen LogP contribution in [0.5, 0.6) is 11.5 Å². The molecule has 2 aromatic rings. The third-order valence-electron chi connectivity index (χ3n) is 6.86. The molecule has 33 heavy (non-hydrogen) atoms. The molecule has 1 unspecified atom stereocenters. The van der Waals surface area contributed by atoms with Crippen LogP contribution in [0.2, 0.25) is 0 Å². The smallest absolute Gasteiger partial charge is 0.277 e. The first kappa shape index (κ1) is 21.3. The number of allylic oxidation sites excluding steroid dienone is 3. The molecule has 1 fully saturated rings. The number of carbonyl (C=O) groups is 1. The highest BCUT2D eigenvalue weighted by Gasteiger charge is 2.44. The second-order valence-electron chi connectivity index (χ2n) is 9.33. The monoisotopic (exact) mass is 448 g/mol. The Morgan fingerprint density at radius 1 is 1.21 bits per heavy atom. The summed E-state index contributed by atoms with van der Waals surface area (Å²) in [5.74, 6) is 5.77. The third-order valence-corrected chi connectivity index (χ3v) is 6.86. The fourth-order valence-electron chi connectivity index (χ4n) is 4.96. The van der Waals surface area contributed by atoms with Crippen LogP contribution in [0.1, 0.15) is 48.3 Å². The first-order chi connectivity index (χ1) is 15.9. The molecule has 3 N–H and O–H groups in total. The zero-order chi connectivity index (χ0) is 23.2. The van der Waals surface area contributed by atoms with Crippen molar-refractivity contribution in [2.75, 3.05) is 18.2 Å². The standard InChI is InChI=1S/C25H28N4O4/c1-25(12-5-2-6-13-25)23(18-7-3-4-8-20(18)33-26)29-16-27(15-17-9-10-17)24(32)21-22(31)19(30)11-14-28(21)29/h2-8,11-12,14,17,23,31H,9-10,13,15-16,26H2,1H3/t23-,25?/m0/s1. The number of hydrogen-bond donors (Lipinski definition) is 2. The van der Waals surface area contributed by atoms with E-state index >= 15 is 0 Å². The molecule has 1 saturated carbocycles.